The first-order valence-corrected chi connectivity index (χ1v) is 12.3. The van der Waals surface area contributed by atoms with Crippen LogP contribution in [0, 0.1) is 5.82 Å². The number of halogens is 2. The SMILES string of the molecule is CCN(Cc1cccc(F)c1)C(=O)CSc1nnc(-c2ccccc2Cl)n1C1CCCC1. The molecule has 0 spiro atoms. The van der Waals surface area contributed by atoms with Gasteiger partial charge in [0.1, 0.15) is 5.82 Å². The molecule has 0 atom stereocenters. The molecule has 32 heavy (non-hydrogen) atoms. The molecule has 1 amide bonds. The number of amides is 1. The Morgan fingerprint density at radius 2 is 1.97 bits per heavy atom. The van der Waals surface area contributed by atoms with Gasteiger partial charge in [-0.2, -0.15) is 0 Å². The molecule has 5 nitrogen and oxygen atoms in total. The lowest BCUT2D eigenvalue weighted by molar-refractivity contribution is -0.128. The van der Waals surface area contributed by atoms with Crippen LogP contribution in [0.15, 0.2) is 53.7 Å². The summed E-state index contributed by atoms with van der Waals surface area (Å²) in [5, 5.41) is 10.3. The normalized spacial score (nSPS) is 14.1. The minimum Gasteiger partial charge on any atom is -0.338 e. The van der Waals surface area contributed by atoms with Gasteiger partial charge < -0.3 is 4.90 Å². The number of rotatable bonds is 8. The minimum atomic E-state index is -0.294. The fourth-order valence-electron chi connectivity index (χ4n) is 4.14. The number of aromatic nitrogens is 3. The molecule has 1 saturated carbocycles. The van der Waals surface area contributed by atoms with Gasteiger partial charge in [0.15, 0.2) is 11.0 Å². The second kappa shape index (κ2) is 10.5. The van der Waals surface area contributed by atoms with Gasteiger partial charge in [-0.05, 0) is 49.6 Å². The van der Waals surface area contributed by atoms with E-state index in [-0.39, 0.29) is 17.5 Å². The smallest absolute Gasteiger partial charge is 0.233 e. The lowest BCUT2D eigenvalue weighted by Gasteiger charge is -2.21. The van der Waals surface area contributed by atoms with E-state index in [9.17, 15) is 9.18 Å². The Morgan fingerprint density at radius 1 is 1.19 bits per heavy atom. The summed E-state index contributed by atoms with van der Waals surface area (Å²) in [6.07, 6.45) is 4.48. The predicted molar refractivity (Wildman–Crippen MR) is 126 cm³/mol. The van der Waals surface area contributed by atoms with Gasteiger partial charge in [0.05, 0.1) is 10.8 Å². The van der Waals surface area contributed by atoms with E-state index >= 15 is 0 Å². The van der Waals surface area contributed by atoms with Gasteiger partial charge in [-0.15, -0.1) is 10.2 Å². The third-order valence-corrected chi connectivity index (χ3v) is 7.05. The molecule has 1 aliphatic rings. The van der Waals surface area contributed by atoms with Gasteiger partial charge in [-0.1, -0.05) is 60.5 Å². The standard InChI is InChI=1S/C24H26ClFN4OS/c1-2-29(15-17-8-7-9-18(26)14-17)22(31)16-32-24-28-27-23(20-12-5-6-13-21(20)25)30(24)19-10-3-4-11-19/h5-9,12-14,19H,2-4,10-11,15-16H2,1H3. The Labute approximate surface area is 197 Å². The molecule has 0 bridgehead atoms. The lowest BCUT2D eigenvalue weighted by Crippen LogP contribution is -2.31. The van der Waals surface area contributed by atoms with Gasteiger partial charge in [0.25, 0.3) is 0 Å². The van der Waals surface area contributed by atoms with Gasteiger partial charge in [0, 0.05) is 24.7 Å². The molecule has 1 fully saturated rings. The second-order valence-electron chi connectivity index (χ2n) is 7.92. The second-order valence-corrected chi connectivity index (χ2v) is 9.27. The zero-order valence-corrected chi connectivity index (χ0v) is 19.6. The maximum Gasteiger partial charge on any atom is 0.233 e. The van der Waals surface area contributed by atoms with Crippen LogP contribution in [0.1, 0.15) is 44.2 Å². The van der Waals surface area contributed by atoms with E-state index < -0.39 is 0 Å². The number of hydrogen-bond donors (Lipinski definition) is 0. The van der Waals surface area contributed by atoms with E-state index in [1.54, 1.807) is 11.0 Å². The monoisotopic (exact) mass is 472 g/mol. The Bertz CT molecular complexity index is 1080. The van der Waals surface area contributed by atoms with Gasteiger partial charge >= 0.3 is 0 Å². The van der Waals surface area contributed by atoms with Crippen molar-refractivity contribution in [2.45, 2.75) is 50.4 Å². The molecule has 4 rings (SSSR count). The number of carbonyl (C=O) groups is 1. The maximum absolute atomic E-state index is 13.5. The van der Waals surface area contributed by atoms with E-state index in [0.717, 1.165) is 34.9 Å². The summed E-state index contributed by atoms with van der Waals surface area (Å²) < 4.78 is 15.7. The Hall–Kier alpha value is -2.38. The van der Waals surface area contributed by atoms with Crippen LogP contribution in [0.5, 0.6) is 0 Å². The van der Waals surface area contributed by atoms with Crippen LogP contribution in [0.3, 0.4) is 0 Å². The summed E-state index contributed by atoms with van der Waals surface area (Å²) in [7, 11) is 0. The average molecular weight is 473 g/mol. The van der Waals surface area contributed by atoms with Crippen LogP contribution in [-0.4, -0.2) is 37.9 Å². The van der Waals surface area contributed by atoms with Crippen molar-refractivity contribution in [3.05, 3.63) is 64.9 Å². The molecule has 1 heterocycles. The molecule has 0 saturated heterocycles. The van der Waals surface area contributed by atoms with E-state index in [1.807, 2.05) is 37.3 Å². The fraction of sp³-hybridized carbons (Fsp3) is 0.375. The molecule has 1 aromatic heterocycles. The van der Waals surface area contributed by atoms with Crippen molar-refractivity contribution in [2.24, 2.45) is 0 Å². The van der Waals surface area contributed by atoms with Crippen molar-refractivity contribution >= 4 is 29.3 Å². The minimum absolute atomic E-state index is 0.0120. The van der Waals surface area contributed by atoms with Crippen LogP contribution < -0.4 is 0 Å². The number of benzene rings is 2. The number of carbonyl (C=O) groups excluding carboxylic acids is 1. The zero-order valence-electron chi connectivity index (χ0n) is 18.0. The molecule has 1 aliphatic carbocycles. The van der Waals surface area contributed by atoms with E-state index in [1.165, 1.54) is 36.7 Å². The van der Waals surface area contributed by atoms with Crippen molar-refractivity contribution in [1.82, 2.24) is 19.7 Å². The topological polar surface area (TPSA) is 51.0 Å². The quantitative estimate of drug-likeness (QED) is 0.377. The highest BCUT2D eigenvalue weighted by Crippen LogP contribution is 2.38. The number of nitrogens with zero attached hydrogens (tertiary/aromatic N) is 4. The van der Waals surface area contributed by atoms with E-state index in [4.69, 9.17) is 11.6 Å². The Kier molecular flexibility index (Phi) is 7.48. The molecule has 3 aromatic rings. The van der Waals surface area contributed by atoms with Gasteiger partial charge in [-0.25, -0.2) is 4.39 Å². The zero-order chi connectivity index (χ0) is 22.5. The summed E-state index contributed by atoms with van der Waals surface area (Å²) in [6.45, 7) is 2.86. The number of thioether (sulfide) groups is 1. The van der Waals surface area contributed by atoms with Crippen molar-refractivity contribution in [3.63, 3.8) is 0 Å². The first-order valence-electron chi connectivity index (χ1n) is 10.9. The van der Waals surface area contributed by atoms with Crippen LogP contribution in [0.25, 0.3) is 11.4 Å². The predicted octanol–water partition coefficient (Wildman–Crippen LogP) is 5.99. The Morgan fingerprint density at radius 3 is 2.69 bits per heavy atom. The van der Waals surface area contributed by atoms with Crippen molar-refractivity contribution < 1.29 is 9.18 Å². The summed E-state index contributed by atoms with van der Waals surface area (Å²) >= 11 is 7.85. The van der Waals surface area contributed by atoms with Gasteiger partial charge in [-0.3, -0.25) is 9.36 Å². The Balaban J connectivity index is 1.52. The van der Waals surface area contributed by atoms with E-state index in [0.29, 0.717) is 24.2 Å². The third kappa shape index (κ3) is 5.15. The number of hydrogen-bond acceptors (Lipinski definition) is 4. The molecule has 2 aromatic carbocycles. The molecular weight excluding hydrogens is 447 g/mol. The first kappa shape index (κ1) is 22.8. The highest BCUT2D eigenvalue weighted by molar-refractivity contribution is 7.99. The largest absolute Gasteiger partial charge is 0.338 e. The van der Waals surface area contributed by atoms with Crippen LogP contribution >= 0.6 is 23.4 Å². The summed E-state index contributed by atoms with van der Waals surface area (Å²) in [5.74, 6) is 0.694. The van der Waals surface area contributed by atoms with Crippen LogP contribution in [0.4, 0.5) is 4.39 Å². The van der Waals surface area contributed by atoms with Crippen LogP contribution in [-0.2, 0) is 11.3 Å². The molecule has 0 N–H and O–H groups in total. The summed E-state index contributed by atoms with van der Waals surface area (Å²) in [5.41, 5.74) is 1.63. The summed E-state index contributed by atoms with van der Waals surface area (Å²) in [6, 6.07) is 14.3. The summed E-state index contributed by atoms with van der Waals surface area (Å²) in [4.78, 5) is 14.7. The average Bonchev–Trinajstić information content (AvgIpc) is 3.46. The molecule has 0 radical (unpaired) electrons. The highest BCUT2D eigenvalue weighted by Gasteiger charge is 2.26. The van der Waals surface area contributed by atoms with Crippen molar-refractivity contribution in [3.8, 4) is 11.4 Å². The molecule has 8 heteroatoms. The molecule has 0 aliphatic heterocycles. The maximum atomic E-state index is 13.5. The highest BCUT2D eigenvalue weighted by atomic mass is 35.5. The molecule has 0 unspecified atom stereocenters. The first-order chi connectivity index (χ1) is 15.6. The van der Waals surface area contributed by atoms with Crippen LogP contribution in [0.2, 0.25) is 5.02 Å². The third-order valence-electron chi connectivity index (χ3n) is 5.79. The van der Waals surface area contributed by atoms with Crippen molar-refractivity contribution in [2.75, 3.05) is 12.3 Å². The fourth-order valence-corrected chi connectivity index (χ4v) is 5.27. The lowest BCUT2D eigenvalue weighted by atomic mass is 10.2. The van der Waals surface area contributed by atoms with Gasteiger partial charge in [0.2, 0.25) is 5.91 Å². The van der Waals surface area contributed by atoms with Crippen molar-refractivity contribution in [1.29, 1.82) is 0 Å². The van der Waals surface area contributed by atoms with E-state index in [2.05, 4.69) is 14.8 Å². The molecule has 168 valence electrons. The molecular formula is C24H26ClFN4OS.